The molecule has 0 unspecified atom stereocenters. The number of rotatable bonds is 5. The summed E-state index contributed by atoms with van der Waals surface area (Å²) in [6, 6.07) is 7.39. The third kappa shape index (κ3) is 4.01. The van der Waals surface area contributed by atoms with Crippen molar-refractivity contribution in [3.8, 4) is 11.3 Å². The SMILES string of the molecule is O=C(CSc1nc(-c2ccc(Cl)cc2)cs1)Nn1cn[nH]c1=O. The monoisotopic (exact) mass is 367 g/mol. The van der Waals surface area contributed by atoms with E-state index in [4.69, 9.17) is 11.6 Å². The molecule has 10 heteroatoms. The molecule has 0 fully saturated rings. The Morgan fingerprint density at radius 1 is 1.39 bits per heavy atom. The summed E-state index contributed by atoms with van der Waals surface area (Å²) in [5.41, 5.74) is 3.72. The van der Waals surface area contributed by atoms with Crippen LogP contribution in [0.3, 0.4) is 0 Å². The number of hydrogen-bond acceptors (Lipinski definition) is 6. The van der Waals surface area contributed by atoms with E-state index in [2.05, 4.69) is 20.6 Å². The van der Waals surface area contributed by atoms with Gasteiger partial charge < -0.3 is 0 Å². The average molecular weight is 368 g/mol. The molecule has 0 atom stereocenters. The number of aromatic amines is 1. The zero-order valence-electron chi connectivity index (χ0n) is 11.5. The van der Waals surface area contributed by atoms with Crippen molar-refractivity contribution in [3.63, 3.8) is 0 Å². The number of halogens is 1. The van der Waals surface area contributed by atoms with E-state index >= 15 is 0 Å². The Labute approximate surface area is 143 Å². The fourth-order valence-corrected chi connectivity index (χ4v) is 3.45. The second-order valence-corrected chi connectivity index (χ2v) is 6.88. The number of benzene rings is 1. The van der Waals surface area contributed by atoms with Crippen molar-refractivity contribution in [2.45, 2.75) is 4.34 Å². The molecule has 0 radical (unpaired) electrons. The highest BCUT2D eigenvalue weighted by Gasteiger charge is 2.09. The molecule has 118 valence electrons. The first kappa shape index (κ1) is 15.8. The van der Waals surface area contributed by atoms with Crippen LogP contribution >= 0.6 is 34.7 Å². The summed E-state index contributed by atoms with van der Waals surface area (Å²) in [7, 11) is 0. The van der Waals surface area contributed by atoms with Gasteiger partial charge in [-0.3, -0.25) is 10.2 Å². The molecule has 2 N–H and O–H groups in total. The van der Waals surface area contributed by atoms with E-state index < -0.39 is 5.69 Å². The van der Waals surface area contributed by atoms with E-state index in [0.717, 1.165) is 20.3 Å². The zero-order valence-corrected chi connectivity index (χ0v) is 13.9. The smallest absolute Gasteiger partial charge is 0.272 e. The fraction of sp³-hybridized carbons (Fsp3) is 0.0769. The van der Waals surface area contributed by atoms with Crippen LogP contribution in [-0.4, -0.2) is 31.5 Å². The molecular weight excluding hydrogens is 358 g/mol. The molecule has 0 aliphatic heterocycles. The van der Waals surface area contributed by atoms with Gasteiger partial charge in [-0.2, -0.15) is 9.77 Å². The van der Waals surface area contributed by atoms with Gasteiger partial charge >= 0.3 is 5.69 Å². The molecule has 1 amide bonds. The Morgan fingerprint density at radius 3 is 2.87 bits per heavy atom. The molecule has 0 saturated carbocycles. The van der Waals surface area contributed by atoms with Gasteiger partial charge in [-0.05, 0) is 12.1 Å². The maximum absolute atomic E-state index is 11.8. The van der Waals surface area contributed by atoms with Gasteiger partial charge in [0.15, 0.2) is 4.34 Å². The molecule has 0 aliphatic rings. The van der Waals surface area contributed by atoms with E-state index in [1.54, 1.807) is 12.1 Å². The van der Waals surface area contributed by atoms with Crippen LogP contribution in [0.4, 0.5) is 0 Å². The average Bonchev–Trinajstić information content (AvgIpc) is 3.16. The Balaban J connectivity index is 1.59. The summed E-state index contributed by atoms with van der Waals surface area (Å²) < 4.78 is 1.76. The van der Waals surface area contributed by atoms with Crippen LogP contribution in [-0.2, 0) is 4.79 Å². The van der Waals surface area contributed by atoms with Crippen molar-refractivity contribution >= 4 is 40.6 Å². The maximum Gasteiger partial charge on any atom is 0.362 e. The van der Waals surface area contributed by atoms with Crippen LogP contribution in [0.2, 0.25) is 5.02 Å². The number of amides is 1. The van der Waals surface area contributed by atoms with Gasteiger partial charge in [0.05, 0.1) is 11.4 Å². The first-order chi connectivity index (χ1) is 11.1. The Bertz CT molecular complexity index is 871. The minimum absolute atomic E-state index is 0.144. The summed E-state index contributed by atoms with van der Waals surface area (Å²) in [5, 5.41) is 8.30. The van der Waals surface area contributed by atoms with Crippen molar-refractivity contribution in [2.75, 3.05) is 11.2 Å². The minimum atomic E-state index is -0.498. The lowest BCUT2D eigenvalue weighted by atomic mass is 10.2. The lowest BCUT2D eigenvalue weighted by molar-refractivity contribution is -0.114. The fourth-order valence-electron chi connectivity index (χ4n) is 1.70. The van der Waals surface area contributed by atoms with Crippen LogP contribution < -0.4 is 11.1 Å². The van der Waals surface area contributed by atoms with Crippen molar-refractivity contribution < 1.29 is 4.79 Å². The second kappa shape index (κ2) is 6.99. The molecule has 0 saturated heterocycles. The topological polar surface area (TPSA) is 92.7 Å². The van der Waals surface area contributed by atoms with Gasteiger partial charge in [0.1, 0.15) is 6.33 Å². The second-order valence-electron chi connectivity index (χ2n) is 4.36. The minimum Gasteiger partial charge on any atom is -0.272 e. The predicted octanol–water partition coefficient (Wildman–Crippen LogP) is 2.21. The number of aromatic nitrogens is 4. The van der Waals surface area contributed by atoms with Gasteiger partial charge in [-0.1, -0.05) is 35.5 Å². The highest BCUT2D eigenvalue weighted by atomic mass is 35.5. The summed E-state index contributed by atoms with van der Waals surface area (Å²) in [6.07, 6.45) is 1.20. The Kier molecular flexibility index (Phi) is 4.79. The molecule has 0 spiro atoms. The number of carbonyl (C=O) groups is 1. The molecule has 0 bridgehead atoms. The highest BCUT2D eigenvalue weighted by Crippen LogP contribution is 2.28. The van der Waals surface area contributed by atoms with Crippen molar-refractivity contribution in [1.29, 1.82) is 0 Å². The van der Waals surface area contributed by atoms with Gasteiger partial charge in [0, 0.05) is 16.0 Å². The van der Waals surface area contributed by atoms with Crippen molar-refractivity contribution in [2.24, 2.45) is 0 Å². The van der Waals surface area contributed by atoms with Gasteiger partial charge in [0.25, 0.3) is 0 Å². The summed E-state index contributed by atoms with van der Waals surface area (Å²) in [5.74, 6) is -0.174. The normalized spacial score (nSPS) is 10.7. The van der Waals surface area contributed by atoms with Crippen LogP contribution in [0.5, 0.6) is 0 Å². The van der Waals surface area contributed by atoms with E-state index in [9.17, 15) is 9.59 Å². The number of thiazole rings is 1. The molecular formula is C13H10ClN5O2S2. The molecule has 2 aromatic heterocycles. The van der Waals surface area contributed by atoms with Crippen LogP contribution in [0.25, 0.3) is 11.3 Å². The summed E-state index contributed by atoms with van der Waals surface area (Å²) in [6.45, 7) is 0. The Morgan fingerprint density at radius 2 is 2.17 bits per heavy atom. The number of thioether (sulfide) groups is 1. The molecule has 1 aromatic carbocycles. The number of hydrogen-bond donors (Lipinski definition) is 2. The first-order valence-corrected chi connectivity index (χ1v) is 8.62. The molecule has 0 aliphatic carbocycles. The highest BCUT2D eigenvalue weighted by molar-refractivity contribution is 8.01. The number of carbonyl (C=O) groups excluding carboxylic acids is 1. The quantitative estimate of drug-likeness (QED) is 0.674. The molecule has 7 nitrogen and oxygen atoms in total. The van der Waals surface area contributed by atoms with E-state index in [-0.39, 0.29) is 11.7 Å². The lowest BCUT2D eigenvalue weighted by Gasteiger charge is -2.02. The van der Waals surface area contributed by atoms with Crippen molar-refractivity contribution in [3.05, 3.63) is 51.5 Å². The number of nitrogens with one attached hydrogen (secondary N) is 2. The maximum atomic E-state index is 11.8. The lowest BCUT2D eigenvalue weighted by Crippen LogP contribution is -2.31. The third-order valence-corrected chi connectivity index (χ3v) is 5.02. The first-order valence-electron chi connectivity index (χ1n) is 6.38. The third-order valence-electron chi connectivity index (χ3n) is 2.75. The molecule has 23 heavy (non-hydrogen) atoms. The molecule has 3 rings (SSSR count). The van der Waals surface area contributed by atoms with Gasteiger partial charge in [-0.15, -0.1) is 11.3 Å². The van der Waals surface area contributed by atoms with Crippen LogP contribution in [0.1, 0.15) is 0 Å². The van der Waals surface area contributed by atoms with Gasteiger partial charge in [-0.25, -0.2) is 14.9 Å². The van der Waals surface area contributed by atoms with E-state index in [1.807, 2.05) is 17.5 Å². The summed E-state index contributed by atoms with van der Waals surface area (Å²) >= 11 is 8.61. The standard InChI is InChI=1S/C13H10ClN5O2S2/c14-9-3-1-8(2-4-9)10-5-22-13(16-10)23-6-11(20)18-19-7-15-17-12(19)21/h1-5,7H,6H2,(H,17,21)(H,18,20). The molecule has 2 heterocycles. The van der Waals surface area contributed by atoms with E-state index in [1.165, 1.54) is 29.4 Å². The predicted molar refractivity (Wildman–Crippen MR) is 90.5 cm³/mol. The Hall–Kier alpha value is -2.10. The number of H-pyrrole nitrogens is 1. The van der Waals surface area contributed by atoms with Crippen LogP contribution in [0.15, 0.2) is 45.1 Å². The van der Waals surface area contributed by atoms with E-state index in [0.29, 0.717) is 5.02 Å². The van der Waals surface area contributed by atoms with Gasteiger partial charge in [0.2, 0.25) is 5.91 Å². The zero-order chi connectivity index (χ0) is 16.2. The number of nitrogens with zero attached hydrogens (tertiary/aromatic N) is 3. The molecule has 3 aromatic rings. The summed E-state index contributed by atoms with van der Waals surface area (Å²) in [4.78, 5) is 27.5. The van der Waals surface area contributed by atoms with Crippen LogP contribution in [0, 0.1) is 0 Å². The largest absolute Gasteiger partial charge is 0.362 e. The van der Waals surface area contributed by atoms with Crippen molar-refractivity contribution in [1.82, 2.24) is 19.9 Å².